The van der Waals surface area contributed by atoms with Gasteiger partial charge in [0.15, 0.2) is 5.69 Å². The van der Waals surface area contributed by atoms with Gasteiger partial charge in [-0.2, -0.15) is 0 Å². The lowest BCUT2D eigenvalue weighted by atomic mass is 10.5. The first-order valence-corrected chi connectivity index (χ1v) is 3.87. The minimum absolute atomic E-state index is 0.0376. The Morgan fingerprint density at radius 1 is 1.57 bits per heavy atom. The third-order valence-corrected chi connectivity index (χ3v) is 1.99. The number of aromatic carboxylic acids is 1. The standard InChI is InChI=1S/C8H7N3O3/c1-10-6(12)2-3-11-5(7(13)14)4-9-8(10)11/h2-4H,1H3,(H,13,14). The summed E-state index contributed by atoms with van der Waals surface area (Å²) in [6, 6.07) is 1.29. The van der Waals surface area contributed by atoms with Crippen molar-refractivity contribution in [1.82, 2.24) is 14.0 Å². The molecule has 14 heavy (non-hydrogen) atoms. The SMILES string of the molecule is Cn1c(=O)ccn2c(C(=O)O)cnc12. The number of carboxylic acid groups (broad SMARTS) is 1. The molecule has 0 atom stereocenters. The van der Waals surface area contributed by atoms with Crippen molar-refractivity contribution in [3.8, 4) is 0 Å². The van der Waals surface area contributed by atoms with Crippen molar-refractivity contribution in [3.05, 3.63) is 34.5 Å². The summed E-state index contributed by atoms with van der Waals surface area (Å²) in [4.78, 5) is 25.7. The Labute approximate surface area is 78.0 Å². The van der Waals surface area contributed by atoms with Crippen molar-refractivity contribution in [2.24, 2.45) is 7.05 Å². The fraction of sp³-hybridized carbons (Fsp3) is 0.125. The number of hydrogen-bond donors (Lipinski definition) is 1. The van der Waals surface area contributed by atoms with Crippen molar-refractivity contribution < 1.29 is 9.90 Å². The van der Waals surface area contributed by atoms with E-state index in [1.807, 2.05) is 0 Å². The van der Waals surface area contributed by atoms with E-state index in [4.69, 9.17) is 5.11 Å². The highest BCUT2D eigenvalue weighted by Crippen LogP contribution is 2.02. The van der Waals surface area contributed by atoms with Crippen molar-refractivity contribution in [2.75, 3.05) is 0 Å². The normalized spacial score (nSPS) is 10.6. The van der Waals surface area contributed by atoms with Crippen LogP contribution in [0, 0.1) is 0 Å². The molecule has 0 spiro atoms. The van der Waals surface area contributed by atoms with Crippen molar-refractivity contribution in [2.45, 2.75) is 0 Å². The number of nitrogens with zero attached hydrogens (tertiary/aromatic N) is 3. The molecule has 0 aliphatic heterocycles. The van der Waals surface area contributed by atoms with Crippen molar-refractivity contribution in [1.29, 1.82) is 0 Å². The first kappa shape index (κ1) is 8.49. The second-order valence-electron chi connectivity index (χ2n) is 2.83. The zero-order valence-corrected chi connectivity index (χ0v) is 7.34. The summed E-state index contributed by atoms with van der Waals surface area (Å²) < 4.78 is 2.64. The summed E-state index contributed by atoms with van der Waals surface area (Å²) in [7, 11) is 1.54. The molecule has 0 amide bonds. The first-order valence-electron chi connectivity index (χ1n) is 3.87. The predicted molar refractivity (Wildman–Crippen MR) is 47.4 cm³/mol. The number of rotatable bonds is 1. The van der Waals surface area contributed by atoms with E-state index in [0.717, 1.165) is 0 Å². The number of carboxylic acids is 1. The number of fused-ring (bicyclic) bond motifs is 1. The van der Waals surface area contributed by atoms with E-state index in [0.29, 0.717) is 5.78 Å². The second-order valence-corrected chi connectivity index (χ2v) is 2.83. The minimum Gasteiger partial charge on any atom is -0.477 e. The lowest BCUT2D eigenvalue weighted by Crippen LogP contribution is -2.18. The summed E-state index contributed by atoms with van der Waals surface area (Å²) in [5.41, 5.74) is -0.185. The maximum Gasteiger partial charge on any atom is 0.354 e. The Bertz CT molecular complexity index is 567. The molecule has 6 heteroatoms. The van der Waals surface area contributed by atoms with Crippen molar-refractivity contribution >= 4 is 11.7 Å². The number of aryl methyl sites for hydroxylation is 1. The van der Waals surface area contributed by atoms with E-state index < -0.39 is 5.97 Å². The van der Waals surface area contributed by atoms with Crippen LogP contribution in [-0.4, -0.2) is 25.0 Å². The van der Waals surface area contributed by atoms with Crippen LogP contribution in [0.3, 0.4) is 0 Å². The summed E-state index contributed by atoms with van der Waals surface area (Å²) in [5, 5.41) is 8.78. The molecule has 0 aromatic carbocycles. The highest BCUT2D eigenvalue weighted by atomic mass is 16.4. The van der Waals surface area contributed by atoms with E-state index in [2.05, 4.69) is 4.98 Å². The van der Waals surface area contributed by atoms with Gasteiger partial charge in [0.1, 0.15) is 0 Å². The lowest BCUT2D eigenvalue weighted by Gasteiger charge is -1.99. The summed E-state index contributed by atoms with van der Waals surface area (Å²) >= 11 is 0. The van der Waals surface area contributed by atoms with E-state index in [1.165, 1.54) is 34.5 Å². The molecule has 0 saturated heterocycles. The van der Waals surface area contributed by atoms with Gasteiger partial charge < -0.3 is 5.11 Å². The second kappa shape index (κ2) is 2.69. The van der Waals surface area contributed by atoms with Gasteiger partial charge in [-0.05, 0) is 0 Å². The molecular weight excluding hydrogens is 186 g/mol. The van der Waals surface area contributed by atoms with Gasteiger partial charge in [0.05, 0.1) is 6.20 Å². The smallest absolute Gasteiger partial charge is 0.354 e. The van der Waals surface area contributed by atoms with Gasteiger partial charge in [-0.15, -0.1) is 0 Å². The third kappa shape index (κ3) is 1.00. The fourth-order valence-electron chi connectivity index (χ4n) is 1.25. The van der Waals surface area contributed by atoms with Gasteiger partial charge in [0.2, 0.25) is 5.78 Å². The highest BCUT2D eigenvalue weighted by molar-refractivity contribution is 5.86. The van der Waals surface area contributed by atoms with E-state index >= 15 is 0 Å². The number of hydrogen-bond acceptors (Lipinski definition) is 3. The van der Waals surface area contributed by atoms with Crippen molar-refractivity contribution in [3.63, 3.8) is 0 Å². The quantitative estimate of drug-likeness (QED) is 0.676. The van der Waals surface area contributed by atoms with E-state index in [9.17, 15) is 9.59 Å². The van der Waals surface area contributed by atoms with Gasteiger partial charge in [-0.25, -0.2) is 9.78 Å². The molecule has 2 rings (SSSR count). The molecule has 0 radical (unpaired) electrons. The molecule has 2 heterocycles. The minimum atomic E-state index is -1.07. The molecule has 0 unspecified atom stereocenters. The molecule has 0 saturated carbocycles. The van der Waals surface area contributed by atoms with Gasteiger partial charge in [-0.3, -0.25) is 13.8 Å². The largest absolute Gasteiger partial charge is 0.477 e. The summed E-state index contributed by atoms with van der Waals surface area (Å²) in [5.74, 6) is -0.758. The van der Waals surface area contributed by atoms with Crippen LogP contribution in [0.5, 0.6) is 0 Å². The van der Waals surface area contributed by atoms with Crippen LogP contribution < -0.4 is 5.56 Å². The summed E-state index contributed by atoms with van der Waals surface area (Å²) in [6.45, 7) is 0. The Morgan fingerprint density at radius 2 is 2.29 bits per heavy atom. The van der Waals surface area contributed by atoms with Gasteiger partial charge in [0.25, 0.3) is 5.56 Å². The third-order valence-electron chi connectivity index (χ3n) is 1.99. The molecule has 0 bridgehead atoms. The fourth-order valence-corrected chi connectivity index (χ4v) is 1.25. The maximum absolute atomic E-state index is 11.2. The van der Waals surface area contributed by atoms with Crippen LogP contribution >= 0.6 is 0 Å². The average molecular weight is 193 g/mol. The molecule has 0 fully saturated rings. The first-order chi connectivity index (χ1) is 6.61. The topological polar surface area (TPSA) is 76.6 Å². The lowest BCUT2D eigenvalue weighted by molar-refractivity contribution is 0.0689. The Morgan fingerprint density at radius 3 is 2.93 bits per heavy atom. The molecule has 2 aromatic rings. The monoisotopic (exact) mass is 193 g/mol. The molecule has 1 N–H and O–H groups in total. The van der Waals surface area contributed by atoms with Crippen LogP contribution in [0.25, 0.3) is 5.78 Å². The van der Waals surface area contributed by atoms with Gasteiger partial charge in [0, 0.05) is 19.3 Å². The molecule has 2 aromatic heterocycles. The van der Waals surface area contributed by atoms with Gasteiger partial charge in [-0.1, -0.05) is 0 Å². The van der Waals surface area contributed by atoms with E-state index in [1.54, 1.807) is 0 Å². The van der Waals surface area contributed by atoms with Crippen LogP contribution in [0.4, 0.5) is 0 Å². The predicted octanol–water partition coefficient (Wildman–Crippen LogP) is -0.269. The van der Waals surface area contributed by atoms with Crippen LogP contribution in [0.2, 0.25) is 0 Å². The zero-order chi connectivity index (χ0) is 10.3. The summed E-state index contributed by atoms with van der Waals surface area (Å²) in [6.07, 6.45) is 2.62. The highest BCUT2D eigenvalue weighted by Gasteiger charge is 2.11. The molecular formula is C8H7N3O3. The number of carbonyl (C=O) groups is 1. The Balaban J connectivity index is 2.90. The average Bonchev–Trinajstić information content (AvgIpc) is 2.55. The molecule has 6 nitrogen and oxygen atoms in total. The molecule has 0 aliphatic carbocycles. The van der Waals surface area contributed by atoms with Gasteiger partial charge >= 0.3 is 5.97 Å². The Kier molecular flexibility index (Phi) is 1.63. The maximum atomic E-state index is 11.2. The van der Waals surface area contributed by atoms with Crippen LogP contribution in [-0.2, 0) is 7.05 Å². The molecule has 72 valence electrons. The number of imidazole rings is 1. The van der Waals surface area contributed by atoms with Crippen LogP contribution in [0.15, 0.2) is 23.3 Å². The van der Waals surface area contributed by atoms with Crippen LogP contribution in [0.1, 0.15) is 10.5 Å². The molecule has 0 aliphatic rings. The zero-order valence-electron chi connectivity index (χ0n) is 7.34. The number of aromatic nitrogens is 3. The van der Waals surface area contributed by atoms with E-state index in [-0.39, 0.29) is 11.3 Å². The Hall–Kier alpha value is -2.11.